The Kier molecular flexibility index (Phi) is 14.6. The summed E-state index contributed by atoms with van der Waals surface area (Å²) in [6.45, 7) is 0. The quantitative estimate of drug-likeness (QED) is 0.101. The molecule has 4 heteroatoms. The van der Waals surface area contributed by atoms with Crippen LogP contribution >= 0.6 is 0 Å². The second-order valence-corrected chi connectivity index (χ2v) is 23.2. The van der Waals surface area contributed by atoms with Gasteiger partial charge >= 0.3 is 0 Å². The van der Waals surface area contributed by atoms with Crippen molar-refractivity contribution in [1.29, 1.82) is 0 Å². The first-order valence-electron chi connectivity index (χ1n) is 31.5. The van der Waals surface area contributed by atoms with Crippen molar-refractivity contribution in [2.75, 3.05) is 19.6 Å². The molecule has 434 valence electrons. The third-order valence-corrected chi connectivity index (χ3v) is 17.8. The SMILES string of the molecule is c1ccc(N(c2ccccc2)c2cccc3c(-c4cccc5c(N(c6ccccc6)c6ccc(-c7ccc(N(c8ccccc8)c8cccc9c(-c%10cccc%11c(N(c%12ccccc%12)c%12ccccc%12)cccc%10%11)cccc89)cc7)cc6)cccc45)cccc23)cc1. The lowest BCUT2D eigenvalue weighted by atomic mass is 9.92. The lowest BCUT2D eigenvalue weighted by molar-refractivity contribution is 1.29. The molecule has 0 amide bonds. The highest BCUT2D eigenvalue weighted by Crippen LogP contribution is 2.48. The van der Waals surface area contributed by atoms with Gasteiger partial charge in [-0.1, -0.05) is 255 Å². The van der Waals surface area contributed by atoms with Crippen LogP contribution in [0.4, 0.5) is 68.2 Å². The molecule has 4 nitrogen and oxygen atoms in total. The average Bonchev–Trinajstić information content (AvgIpc) is 0.788. The van der Waals surface area contributed by atoms with E-state index in [1.807, 2.05) is 0 Å². The fourth-order valence-corrected chi connectivity index (χ4v) is 13.7. The smallest absolute Gasteiger partial charge is 0.0540 e. The second kappa shape index (κ2) is 24.4. The summed E-state index contributed by atoms with van der Waals surface area (Å²) in [5, 5.41) is 9.46. The van der Waals surface area contributed by atoms with Crippen molar-refractivity contribution in [3.05, 3.63) is 376 Å². The first-order valence-corrected chi connectivity index (χ1v) is 31.5. The topological polar surface area (TPSA) is 13.0 Å². The molecule has 0 aliphatic heterocycles. The summed E-state index contributed by atoms with van der Waals surface area (Å²) in [5.74, 6) is 0. The molecule has 0 atom stereocenters. The standard InChI is InChI=1S/C88H62N4/c1-7-27-65(28-8-1)89(66-29-9-2-10-30-66)85-51-23-43-77-73(39-19-47-81(77)85)75-41-21-49-83-79(75)45-25-53-87(83)91(69-35-15-5-16-36-69)71-59-55-63(56-60-71)64-57-61-72(62-58-64)92(70-37-17-6-18-38-70)88-54-26-46-80-76(42-22-50-84(80)88)74-40-20-48-82-78(74)44-24-52-86(82)90(67-31-11-3-12-32-67)68-33-13-4-14-34-68/h1-62H. The molecule has 0 aliphatic rings. The molecule has 0 heterocycles. The molecule has 0 saturated carbocycles. The van der Waals surface area contributed by atoms with Gasteiger partial charge in [0.05, 0.1) is 22.7 Å². The van der Waals surface area contributed by atoms with Crippen LogP contribution in [0.2, 0.25) is 0 Å². The van der Waals surface area contributed by atoms with Crippen molar-refractivity contribution in [2.45, 2.75) is 0 Å². The summed E-state index contributed by atoms with van der Waals surface area (Å²) in [6.07, 6.45) is 0. The van der Waals surface area contributed by atoms with Gasteiger partial charge in [0.15, 0.2) is 0 Å². The number of benzene rings is 16. The number of para-hydroxylation sites is 6. The zero-order chi connectivity index (χ0) is 61.2. The average molecular weight is 1180 g/mol. The van der Waals surface area contributed by atoms with E-state index in [1.165, 1.54) is 65.3 Å². The van der Waals surface area contributed by atoms with Gasteiger partial charge in [0, 0.05) is 67.0 Å². The van der Waals surface area contributed by atoms with E-state index in [0.717, 1.165) is 79.4 Å². The van der Waals surface area contributed by atoms with Gasteiger partial charge in [-0.05, 0) is 176 Å². The highest BCUT2D eigenvalue weighted by Gasteiger charge is 2.23. The fraction of sp³-hybridized carbons (Fsp3) is 0. The van der Waals surface area contributed by atoms with Gasteiger partial charge in [-0.3, -0.25) is 0 Å². The monoisotopic (exact) mass is 1170 g/mol. The molecule has 0 N–H and O–H groups in total. The maximum absolute atomic E-state index is 2.40. The first-order chi connectivity index (χ1) is 45.7. The van der Waals surface area contributed by atoms with Gasteiger partial charge in [-0.25, -0.2) is 0 Å². The molecular formula is C88H62N4. The number of anilines is 12. The van der Waals surface area contributed by atoms with Gasteiger partial charge in [0.2, 0.25) is 0 Å². The Balaban J connectivity index is 0.736. The van der Waals surface area contributed by atoms with Crippen LogP contribution in [0.15, 0.2) is 376 Å². The van der Waals surface area contributed by atoms with Crippen LogP contribution in [0.1, 0.15) is 0 Å². The van der Waals surface area contributed by atoms with Gasteiger partial charge in [0.1, 0.15) is 0 Å². The van der Waals surface area contributed by atoms with Crippen LogP contribution in [0.3, 0.4) is 0 Å². The molecule has 0 fully saturated rings. The summed E-state index contributed by atoms with van der Waals surface area (Å²) in [7, 11) is 0. The second-order valence-electron chi connectivity index (χ2n) is 23.2. The Bertz CT molecular complexity index is 4840. The van der Waals surface area contributed by atoms with Gasteiger partial charge in [0.25, 0.3) is 0 Å². The van der Waals surface area contributed by atoms with E-state index in [0.29, 0.717) is 0 Å². The Morgan fingerprint density at radius 3 is 0.500 bits per heavy atom. The number of fused-ring (bicyclic) bond motifs is 4. The Morgan fingerprint density at radius 1 is 0.120 bits per heavy atom. The molecule has 16 rings (SSSR count). The molecule has 0 aliphatic carbocycles. The van der Waals surface area contributed by atoms with E-state index in [9.17, 15) is 0 Å². The maximum atomic E-state index is 2.40. The van der Waals surface area contributed by atoms with Gasteiger partial charge in [-0.15, -0.1) is 0 Å². The van der Waals surface area contributed by atoms with Crippen LogP contribution in [0.25, 0.3) is 76.5 Å². The van der Waals surface area contributed by atoms with Crippen molar-refractivity contribution < 1.29 is 0 Å². The molecule has 0 spiro atoms. The highest BCUT2D eigenvalue weighted by atomic mass is 15.2. The van der Waals surface area contributed by atoms with Crippen molar-refractivity contribution in [1.82, 2.24) is 0 Å². The summed E-state index contributed by atoms with van der Waals surface area (Å²) in [5.41, 5.74) is 20.3. The molecule has 16 aromatic rings. The third kappa shape index (κ3) is 10.2. The van der Waals surface area contributed by atoms with Crippen molar-refractivity contribution >= 4 is 111 Å². The predicted molar refractivity (Wildman–Crippen MR) is 392 cm³/mol. The molecular weight excluding hydrogens is 1110 g/mol. The van der Waals surface area contributed by atoms with Crippen molar-refractivity contribution in [2.24, 2.45) is 0 Å². The minimum Gasteiger partial charge on any atom is -0.310 e. The van der Waals surface area contributed by atoms with Crippen LogP contribution in [-0.4, -0.2) is 0 Å². The van der Waals surface area contributed by atoms with Crippen molar-refractivity contribution in [3.8, 4) is 33.4 Å². The minimum absolute atomic E-state index is 1.07. The van der Waals surface area contributed by atoms with E-state index in [-0.39, 0.29) is 0 Å². The van der Waals surface area contributed by atoms with E-state index >= 15 is 0 Å². The number of nitrogens with zero attached hydrogens (tertiary/aromatic N) is 4. The van der Waals surface area contributed by atoms with Crippen LogP contribution in [-0.2, 0) is 0 Å². The molecule has 92 heavy (non-hydrogen) atoms. The normalized spacial score (nSPS) is 11.3. The molecule has 0 bridgehead atoms. The first kappa shape index (κ1) is 55.1. The molecule has 0 unspecified atom stereocenters. The fourth-order valence-electron chi connectivity index (χ4n) is 13.7. The van der Waals surface area contributed by atoms with Crippen LogP contribution < -0.4 is 19.6 Å². The minimum atomic E-state index is 1.07. The van der Waals surface area contributed by atoms with Gasteiger partial charge < -0.3 is 19.6 Å². The summed E-state index contributed by atoms with van der Waals surface area (Å²) in [4.78, 5) is 9.52. The molecule has 16 aromatic carbocycles. The zero-order valence-corrected chi connectivity index (χ0v) is 50.6. The Hall–Kier alpha value is -12.2. The summed E-state index contributed by atoms with van der Waals surface area (Å²) < 4.78 is 0. The number of hydrogen-bond acceptors (Lipinski definition) is 4. The Labute approximate surface area is 537 Å². The molecule has 0 radical (unpaired) electrons. The maximum Gasteiger partial charge on any atom is 0.0540 e. The number of rotatable bonds is 15. The third-order valence-electron chi connectivity index (χ3n) is 17.8. The van der Waals surface area contributed by atoms with Crippen LogP contribution in [0, 0.1) is 0 Å². The summed E-state index contributed by atoms with van der Waals surface area (Å²) >= 11 is 0. The highest BCUT2D eigenvalue weighted by molar-refractivity contribution is 6.14. The van der Waals surface area contributed by atoms with E-state index in [2.05, 4.69) is 396 Å². The van der Waals surface area contributed by atoms with E-state index in [4.69, 9.17) is 0 Å². The van der Waals surface area contributed by atoms with E-state index in [1.54, 1.807) is 0 Å². The van der Waals surface area contributed by atoms with Crippen molar-refractivity contribution in [3.63, 3.8) is 0 Å². The Morgan fingerprint density at radius 2 is 0.293 bits per heavy atom. The zero-order valence-electron chi connectivity index (χ0n) is 50.6. The van der Waals surface area contributed by atoms with Gasteiger partial charge in [-0.2, -0.15) is 0 Å². The number of hydrogen-bond donors (Lipinski definition) is 0. The molecule has 0 aromatic heterocycles. The lowest BCUT2D eigenvalue weighted by Crippen LogP contribution is -2.10. The lowest BCUT2D eigenvalue weighted by Gasteiger charge is -2.28. The van der Waals surface area contributed by atoms with Crippen LogP contribution in [0.5, 0.6) is 0 Å². The largest absolute Gasteiger partial charge is 0.310 e. The summed E-state index contributed by atoms with van der Waals surface area (Å²) in [6, 6.07) is 136. The van der Waals surface area contributed by atoms with E-state index < -0.39 is 0 Å². The predicted octanol–water partition coefficient (Wildman–Crippen LogP) is 25.2. The molecule has 0 saturated heterocycles.